The number of rotatable bonds is 13. The molecule has 0 fully saturated rings. The second kappa shape index (κ2) is 12.5. The molecular weight excluding hydrogens is 459 g/mol. The highest BCUT2D eigenvalue weighted by molar-refractivity contribution is 7.52. The van der Waals surface area contributed by atoms with E-state index in [0.717, 1.165) is 41.4 Å². The van der Waals surface area contributed by atoms with Gasteiger partial charge in [0.2, 0.25) is 0 Å². The van der Waals surface area contributed by atoms with Crippen LogP contribution in [-0.2, 0) is 11.0 Å². The molecule has 1 aliphatic heterocycles. The Labute approximate surface area is 214 Å². The molecule has 6 heteroatoms. The summed E-state index contributed by atoms with van der Waals surface area (Å²) in [5.41, 5.74) is 1.17. The number of benzene rings is 1. The highest BCUT2D eigenvalue weighted by atomic mass is 31.2. The van der Waals surface area contributed by atoms with E-state index in [-0.39, 0.29) is 12.2 Å². The van der Waals surface area contributed by atoms with Crippen LogP contribution in [-0.4, -0.2) is 26.2 Å². The predicted octanol–water partition coefficient (Wildman–Crippen LogP) is 8.00. The van der Waals surface area contributed by atoms with Gasteiger partial charge in [0.15, 0.2) is 0 Å². The minimum atomic E-state index is -4.40. The van der Waals surface area contributed by atoms with E-state index in [1.807, 2.05) is 20.8 Å². The molecule has 1 aromatic rings. The zero-order valence-electron chi connectivity index (χ0n) is 23.5. The van der Waals surface area contributed by atoms with Gasteiger partial charge in [0.25, 0.3) is 0 Å². The maximum Gasteiger partial charge on any atom is 0.332 e. The molecule has 0 radical (unpaired) electrons. The fourth-order valence-corrected chi connectivity index (χ4v) is 7.05. The van der Waals surface area contributed by atoms with Crippen LogP contribution >= 0.6 is 7.60 Å². The third-order valence-corrected chi connectivity index (χ3v) is 9.97. The van der Waals surface area contributed by atoms with E-state index >= 15 is 0 Å². The molecule has 0 aliphatic carbocycles. The van der Waals surface area contributed by atoms with Crippen molar-refractivity contribution in [1.82, 2.24) is 0 Å². The van der Waals surface area contributed by atoms with E-state index in [1.54, 1.807) is 6.92 Å². The van der Waals surface area contributed by atoms with Gasteiger partial charge in [-0.05, 0) is 81.4 Å². The fraction of sp³-hybridized carbons (Fsp3) is 0.793. The maximum absolute atomic E-state index is 12.5. The van der Waals surface area contributed by atoms with Crippen LogP contribution < -0.4 is 4.74 Å². The summed E-state index contributed by atoms with van der Waals surface area (Å²) in [5, 5.41) is 10.5. The van der Waals surface area contributed by atoms with Crippen LogP contribution in [0.15, 0.2) is 0 Å². The molecule has 0 saturated carbocycles. The fourth-order valence-electron chi connectivity index (χ4n) is 5.73. The Morgan fingerprint density at radius 3 is 1.91 bits per heavy atom. The standard InChI is InChI=1S/C29H51O5P/c1-19(2)12-9-13-20(3)14-10-15-21(4)16-11-17-29(8)26(35(31,32)33)18-25-24(7)27(30)22(5)23(6)28(25)34-29/h19-21,26,30H,9-18H2,1-8H3,(H2,31,32,33)/t20-,21+,26?,29-/m0/s1. The number of aromatic hydroxyl groups is 1. The molecule has 0 saturated heterocycles. The quantitative estimate of drug-likeness (QED) is 0.234. The minimum absolute atomic E-state index is 0.195. The number of phenolic OH excluding ortho intramolecular Hbond substituents is 1. The van der Waals surface area contributed by atoms with Gasteiger partial charge in [-0.2, -0.15) is 0 Å². The molecular formula is C29H51O5P. The lowest BCUT2D eigenvalue weighted by Crippen LogP contribution is -2.49. The summed E-state index contributed by atoms with van der Waals surface area (Å²) in [4.78, 5) is 20.4. The Bertz CT molecular complexity index is 890. The smallest absolute Gasteiger partial charge is 0.332 e. The Balaban J connectivity index is 1.97. The van der Waals surface area contributed by atoms with Gasteiger partial charge < -0.3 is 19.6 Å². The molecule has 1 unspecified atom stereocenters. The molecule has 0 spiro atoms. The van der Waals surface area contributed by atoms with Crippen molar-refractivity contribution in [2.75, 3.05) is 0 Å². The van der Waals surface area contributed by atoms with Crippen LogP contribution in [0.4, 0.5) is 0 Å². The second-order valence-electron chi connectivity index (χ2n) is 12.1. The van der Waals surface area contributed by atoms with Crippen molar-refractivity contribution >= 4 is 7.60 Å². The summed E-state index contributed by atoms with van der Waals surface area (Å²) in [6.07, 6.45) is 10.4. The predicted molar refractivity (Wildman–Crippen MR) is 146 cm³/mol. The summed E-state index contributed by atoms with van der Waals surface area (Å²) in [6.45, 7) is 16.7. The van der Waals surface area contributed by atoms with Gasteiger partial charge >= 0.3 is 7.60 Å². The van der Waals surface area contributed by atoms with Crippen molar-refractivity contribution in [3.63, 3.8) is 0 Å². The van der Waals surface area contributed by atoms with Crippen LogP contribution in [0.1, 0.15) is 115 Å². The lowest BCUT2D eigenvalue weighted by atomic mass is 9.83. The molecule has 5 nitrogen and oxygen atoms in total. The van der Waals surface area contributed by atoms with E-state index in [4.69, 9.17) is 4.74 Å². The number of ether oxygens (including phenoxy) is 1. The Kier molecular flexibility index (Phi) is 10.8. The highest BCUT2D eigenvalue weighted by Crippen LogP contribution is 2.56. The lowest BCUT2D eigenvalue weighted by molar-refractivity contribution is 0.0471. The number of hydrogen-bond donors (Lipinski definition) is 3. The van der Waals surface area contributed by atoms with Crippen LogP contribution in [0.5, 0.6) is 11.5 Å². The van der Waals surface area contributed by atoms with E-state index < -0.39 is 18.9 Å². The Morgan fingerprint density at radius 2 is 1.40 bits per heavy atom. The van der Waals surface area contributed by atoms with Crippen molar-refractivity contribution < 1.29 is 24.2 Å². The van der Waals surface area contributed by atoms with Gasteiger partial charge in [-0.25, -0.2) is 0 Å². The molecule has 1 heterocycles. The molecule has 1 aliphatic rings. The molecule has 2 rings (SSSR count). The number of phenols is 1. The molecule has 0 bridgehead atoms. The zero-order chi connectivity index (χ0) is 26.6. The molecule has 1 aromatic carbocycles. The first-order valence-corrected chi connectivity index (χ1v) is 15.4. The monoisotopic (exact) mass is 510 g/mol. The van der Waals surface area contributed by atoms with Crippen LogP contribution in [0.3, 0.4) is 0 Å². The molecule has 0 amide bonds. The van der Waals surface area contributed by atoms with Crippen molar-refractivity contribution in [2.45, 2.75) is 131 Å². The van der Waals surface area contributed by atoms with Gasteiger partial charge in [-0.15, -0.1) is 0 Å². The first-order chi connectivity index (χ1) is 16.2. The summed E-state index contributed by atoms with van der Waals surface area (Å²) in [6, 6.07) is 0. The van der Waals surface area contributed by atoms with Crippen molar-refractivity contribution in [2.24, 2.45) is 17.8 Å². The molecule has 202 valence electrons. The van der Waals surface area contributed by atoms with E-state index in [9.17, 15) is 19.5 Å². The van der Waals surface area contributed by atoms with E-state index in [1.165, 1.54) is 38.5 Å². The topological polar surface area (TPSA) is 87.0 Å². The zero-order valence-corrected chi connectivity index (χ0v) is 24.4. The number of hydrogen-bond acceptors (Lipinski definition) is 3. The SMILES string of the molecule is Cc1c(C)c2c(c(C)c1O)CC(P(=O)(O)O)[C@](C)(CCC[C@H](C)CCC[C@@H](C)CCCC(C)C)O2. The average molecular weight is 511 g/mol. The van der Waals surface area contributed by atoms with Gasteiger partial charge in [-0.3, -0.25) is 4.57 Å². The largest absolute Gasteiger partial charge is 0.507 e. The average Bonchev–Trinajstić information content (AvgIpc) is 2.74. The van der Waals surface area contributed by atoms with Crippen molar-refractivity contribution in [3.05, 3.63) is 22.3 Å². The summed E-state index contributed by atoms with van der Waals surface area (Å²) < 4.78 is 19.0. The third kappa shape index (κ3) is 7.98. The first-order valence-electron chi connectivity index (χ1n) is 13.7. The number of fused-ring (bicyclic) bond motifs is 1. The molecule has 35 heavy (non-hydrogen) atoms. The van der Waals surface area contributed by atoms with E-state index in [2.05, 4.69) is 27.7 Å². The molecule has 3 N–H and O–H groups in total. The lowest BCUT2D eigenvalue weighted by Gasteiger charge is -2.44. The first kappa shape index (κ1) is 30.2. The van der Waals surface area contributed by atoms with Gasteiger partial charge in [0.1, 0.15) is 22.8 Å². The highest BCUT2D eigenvalue weighted by Gasteiger charge is 2.50. The Hall–Kier alpha value is -1.03. The molecule has 0 aromatic heterocycles. The summed E-state index contributed by atoms with van der Waals surface area (Å²) in [7, 11) is -4.40. The van der Waals surface area contributed by atoms with E-state index in [0.29, 0.717) is 23.7 Å². The summed E-state index contributed by atoms with van der Waals surface area (Å²) in [5.74, 6) is 3.06. The summed E-state index contributed by atoms with van der Waals surface area (Å²) >= 11 is 0. The van der Waals surface area contributed by atoms with Gasteiger partial charge in [-0.1, -0.05) is 72.6 Å². The van der Waals surface area contributed by atoms with Gasteiger partial charge in [0, 0.05) is 5.56 Å². The van der Waals surface area contributed by atoms with Gasteiger partial charge in [0.05, 0.1) is 0 Å². The van der Waals surface area contributed by atoms with Crippen LogP contribution in [0, 0.1) is 38.5 Å². The third-order valence-electron chi connectivity index (χ3n) is 8.43. The van der Waals surface area contributed by atoms with Crippen molar-refractivity contribution in [1.29, 1.82) is 0 Å². The van der Waals surface area contributed by atoms with Crippen LogP contribution in [0.2, 0.25) is 0 Å². The Morgan fingerprint density at radius 1 is 0.886 bits per heavy atom. The maximum atomic E-state index is 12.5. The minimum Gasteiger partial charge on any atom is -0.507 e. The second-order valence-corrected chi connectivity index (χ2v) is 13.9. The van der Waals surface area contributed by atoms with Crippen molar-refractivity contribution in [3.8, 4) is 11.5 Å². The van der Waals surface area contributed by atoms with Crippen LogP contribution in [0.25, 0.3) is 0 Å². The normalized spacial score (nSPS) is 22.1. The molecule has 4 atom stereocenters.